The number of anilines is 3. The Morgan fingerprint density at radius 1 is 0.704 bits per heavy atom. The van der Waals surface area contributed by atoms with E-state index in [1.165, 1.54) is 46.6 Å². The maximum absolute atomic E-state index is 3.62. The molecule has 3 heteroatoms. The molecule has 0 bridgehead atoms. The molecular formula is C24H25Br2N. The highest BCUT2D eigenvalue weighted by atomic mass is 79.9. The molecule has 27 heavy (non-hydrogen) atoms. The van der Waals surface area contributed by atoms with Crippen LogP contribution in [0.3, 0.4) is 0 Å². The average Bonchev–Trinajstić information content (AvgIpc) is 2.67. The highest BCUT2D eigenvalue weighted by Crippen LogP contribution is 2.37. The van der Waals surface area contributed by atoms with Crippen molar-refractivity contribution in [1.29, 1.82) is 0 Å². The van der Waals surface area contributed by atoms with Gasteiger partial charge in [-0.2, -0.15) is 0 Å². The topological polar surface area (TPSA) is 3.24 Å². The van der Waals surface area contributed by atoms with Crippen molar-refractivity contribution in [2.75, 3.05) is 4.90 Å². The third-order valence-electron chi connectivity index (χ3n) is 4.81. The summed E-state index contributed by atoms with van der Waals surface area (Å²) in [5.41, 5.74) is 7.37. The normalized spacial score (nSPS) is 10.9. The van der Waals surface area contributed by atoms with Gasteiger partial charge in [-0.25, -0.2) is 0 Å². The molecule has 0 amide bonds. The maximum atomic E-state index is 3.62. The van der Waals surface area contributed by atoms with Crippen molar-refractivity contribution >= 4 is 48.9 Å². The fourth-order valence-corrected chi connectivity index (χ4v) is 3.67. The van der Waals surface area contributed by atoms with Crippen LogP contribution in [0.5, 0.6) is 0 Å². The van der Waals surface area contributed by atoms with E-state index in [-0.39, 0.29) is 0 Å². The molecule has 0 saturated carbocycles. The number of nitrogens with zero attached hydrogens (tertiary/aromatic N) is 1. The summed E-state index contributed by atoms with van der Waals surface area (Å²) in [7, 11) is 0. The predicted octanol–water partition coefficient (Wildman–Crippen LogP) is 8.64. The summed E-state index contributed by atoms with van der Waals surface area (Å²) in [4.78, 5) is 2.32. The second kappa shape index (κ2) is 9.07. The van der Waals surface area contributed by atoms with Crippen molar-refractivity contribution in [3.8, 4) is 0 Å². The first-order valence-corrected chi connectivity index (χ1v) is 11.0. The Labute approximate surface area is 179 Å². The number of halogens is 2. The zero-order valence-corrected chi connectivity index (χ0v) is 19.3. The molecule has 0 heterocycles. The second-order valence-electron chi connectivity index (χ2n) is 6.97. The Hall–Kier alpha value is -1.58. The molecule has 0 radical (unpaired) electrons. The van der Waals surface area contributed by atoms with E-state index < -0.39 is 0 Å². The molecule has 0 aromatic heterocycles. The van der Waals surface area contributed by atoms with Gasteiger partial charge in [0.15, 0.2) is 0 Å². The Balaban J connectivity index is 2.06. The fraction of sp³-hybridized carbons (Fsp3) is 0.250. The number of unbranched alkanes of at least 4 members (excludes halogenated alkanes) is 1. The van der Waals surface area contributed by atoms with Gasteiger partial charge < -0.3 is 4.90 Å². The molecule has 1 nitrogen and oxygen atoms in total. The third kappa shape index (κ3) is 4.83. The van der Waals surface area contributed by atoms with E-state index in [1.54, 1.807) is 0 Å². The average molecular weight is 487 g/mol. The SMILES string of the molecule is CCCCc1ccc(N(c2ccc(Br)c(C)c2)c2ccc(Br)c(C)c2)cc1. The van der Waals surface area contributed by atoms with Gasteiger partial charge in [0.05, 0.1) is 0 Å². The van der Waals surface area contributed by atoms with Crippen LogP contribution in [0.15, 0.2) is 69.6 Å². The van der Waals surface area contributed by atoms with Crippen molar-refractivity contribution in [1.82, 2.24) is 0 Å². The summed E-state index contributed by atoms with van der Waals surface area (Å²) in [6.07, 6.45) is 3.61. The highest BCUT2D eigenvalue weighted by molar-refractivity contribution is 9.10. The van der Waals surface area contributed by atoms with Crippen LogP contribution in [0.2, 0.25) is 0 Å². The lowest BCUT2D eigenvalue weighted by atomic mass is 10.1. The quantitative estimate of drug-likeness (QED) is 0.337. The minimum absolute atomic E-state index is 1.13. The van der Waals surface area contributed by atoms with Crippen LogP contribution in [0.1, 0.15) is 36.5 Å². The third-order valence-corrected chi connectivity index (χ3v) is 6.59. The van der Waals surface area contributed by atoms with Crippen molar-refractivity contribution < 1.29 is 0 Å². The van der Waals surface area contributed by atoms with Crippen LogP contribution < -0.4 is 4.90 Å². The van der Waals surface area contributed by atoms with Gasteiger partial charge in [0.2, 0.25) is 0 Å². The summed E-state index contributed by atoms with van der Waals surface area (Å²) < 4.78 is 2.27. The monoisotopic (exact) mass is 485 g/mol. The van der Waals surface area contributed by atoms with Crippen LogP contribution in [-0.2, 0) is 6.42 Å². The zero-order valence-electron chi connectivity index (χ0n) is 16.1. The molecule has 0 fully saturated rings. The molecule has 0 saturated heterocycles. The van der Waals surface area contributed by atoms with Crippen molar-refractivity contribution in [3.05, 3.63) is 86.3 Å². The van der Waals surface area contributed by atoms with Gasteiger partial charge in [0.1, 0.15) is 0 Å². The maximum Gasteiger partial charge on any atom is 0.0465 e. The summed E-state index contributed by atoms with van der Waals surface area (Å²) in [5.74, 6) is 0. The molecule has 0 spiro atoms. The van der Waals surface area contributed by atoms with Gasteiger partial charge in [-0.1, -0.05) is 57.3 Å². The standard InChI is InChI=1S/C24H25Br2N/c1-4-5-6-19-7-9-20(10-8-19)27(21-11-13-23(25)17(2)15-21)22-12-14-24(26)18(3)16-22/h7-16H,4-6H2,1-3H3. The summed E-state index contributed by atoms with van der Waals surface area (Å²) >= 11 is 7.24. The lowest BCUT2D eigenvalue weighted by Gasteiger charge is -2.26. The van der Waals surface area contributed by atoms with E-state index >= 15 is 0 Å². The number of benzene rings is 3. The molecule has 0 aliphatic rings. The fourth-order valence-electron chi connectivity index (χ4n) is 3.18. The highest BCUT2D eigenvalue weighted by Gasteiger charge is 2.14. The molecule has 0 N–H and O–H groups in total. The van der Waals surface area contributed by atoms with Gasteiger partial charge in [0, 0.05) is 26.0 Å². The number of hydrogen-bond donors (Lipinski definition) is 0. The van der Waals surface area contributed by atoms with Gasteiger partial charge >= 0.3 is 0 Å². The van der Waals surface area contributed by atoms with Gasteiger partial charge in [-0.3, -0.25) is 0 Å². The van der Waals surface area contributed by atoms with Gasteiger partial charge in [-0.15, -0.1) is 0 Å². The van der Waals surface area contributed by atoms with Crippen molar-refractivity contribution in [3.63, 3.8) is 0 Å². The minimum atomic E-state index is 1.13. The number of rotatable bonds is 6. The lowest BCUT2D eigenvalue weighted by molar-refractivity contribution is 0.795. The van der Waals surface area contributed by atoms with E-state index in [1.807, 2.05) is 0 Å². The summed E-state index contributed by atoms with van der Waals surface area (Å²) in [6.45, 7) is 6.50. The van der Waals surface area contributed by atoms with E-state index in [2.05, 4.69) is 118 Å². The largest absolute Gasteiger partial charge is 0.310 e. The minimum Gasteiger partial charge on any atom is -0.310 e. The van der Waals surface area contributed by atoms with Crippen molar-refractivity contribution in [2.45, 2.75) is 40.0 Å². The second-order valence-corrected chi connectivity index (χ2v) is 8.68. The van der Waals surface area contributed by atoms with Gasteiger partial charge in [-0.05, 0) is 91.9 Å². The molecule has 0 aliphatic carbocycles. The Morgan fingerprint density at radius 3 is 1.63 bits per heavy atom. The van der Waals surface area contributed by atoms with Crippen LogP contribution in [-0.4, -0.2) is 0 Å². The lowest BCUT2D eigenvalue weighted by Crippen LogP contribution is -2.10. The first-order chi connectivity index (χ1) is 13.0. The smallest absolute Gasteiger partial charge is 0.0465 e. The zero-order chi connectivity index (χ0) is 19.4. The molecule has 140 valence electrons. The predicted molar refractivity (Wildman–Crippen MR) is 125 cm³/mol. The van der Waals surface area contributed by atoms with Gasteiger partial charge in [0.25, 0.3) is 0 Å². The van der Waals surface area contributed by atoms with E-state index in [9.17, 15) is 0 Å². The van der Waals surface area contributed by atoms with Crippen LogP contribution in [0, 0.1) is 13.8 Å². The number of aryl methyl sites for hydroxylation is 3. The Bertz CT molecular complexity index is 865. The van der Waals surface area contributed by atoms with Crippen LogP contribution >= 0.6 is 31.9 Å². The molecule has 3 aromatic rings. The summed E-state index contributed by atoms with van der Waals surface area (Å²) in [6, 6.07) is 22.0. The van der Waals surface area contributed by atoms with Crippen LogP contribution in [0.25, 0.3) is 0 Å². The van der Waals surface area contributed by atoms with Crippen LogP contribution in [0.4, 0.5) is 17.1 Å². The summed E-state index contributed by atoms with van der Waals surface area (Å²) in [5, 5.41) is 0. The molecular weight excluding hydrogens is 462 g/mol. The first kappa shape index (κ1) is 20.2. The Kier molecular flexibility index (Phi) is 6.78. The van der Waals surface area contributed by atoms with E-state index in [0.29, 0.717) is 0 Å². The number of hydrogen-bond acceptors (Lipinski definition) is 1. The van der Waals surface area contributed by atoms with E-state index in [0.717, 1.165) is 15.4 Å². The molecule has 0 unspecified atom stereocenters. The van der Waals surface area contributed by atoms with E-state index in [4.69, 9.17) is 0 Å². The molecule has 3 rings (SSSR count). The van der Waals surface area contributed by atoms with Crippen molar-refractivity contribution in [2.24, 2.45) is 0 Å². The molecule has 0 atom stereocenters. The molecule has 3 aromatic carbocycles. The molecule has 0 aliphatic heterocycles. The first-order valence-electron chi connectivity index (χ1n) is 9.41. The Morgan fingerprint density at radius 2 is 1.19 bits per heavy atom.